The number of rotatable bonds is 15. The van der Waals surface area contributed by atoms with Gasteiger partial charge in [0.2, 0.25) is 5.62 Å². The van der Waals surface area contributed by atoms with E-state index in [4.69, 9.17) is 31.4 Å². The van der Waals surface area contributed by atoms with Crippen molar-refractivity contribution in [3.63, 3.8) is 0 Å². The Morgan fingerprint density at radius 1 is 0.806 bits per heavy atom. The number of hydrogen-bond donors (Lipinski definition) is 6. The van der Waals surface area contributed by atoms with E-state index in [1.54, 1.807) is 12.1 Å². The molecule has 3 aromatic rings. The molecule has 0 saturated heterocycles. The van der Waals surface area contributed by atoms with E-state index in [2.05, 4.69) is 10.6 Å². The van der Waals surface area contributed by atoms with Gasteiger partial charge in [-0.05, 0) is 68.4 Å². The molecular formula is C26H36N8O2. The summed E-state index contributed by atoms with van der Waals surface area (Å²) in [5.74, 6) is 1.95. The highest BCUT2D eigenvalue weighted by Crippen LogP contribution is 2.13. The minimum Gasteiger partial charge on any atom is -0.494 e. The molecule has 7 N–H and O–H groups in total. The molecule has 36 heavy (non-hydrogen) atoms. The van der Waals surface area contributed by atoms with Crippen molar-refractivity contribution in [2.45, 2.75) is 25.9 Å². The largest absolute Gasteiger partial charge is 0.494 e. The predicted octanol–water partition coefficient (Wildman–Crippen LogP) is 2.13. The highest BCUT2D eigenvalue weighted by atomic mass is 16.5. The fraction of sp³-hybridized carbons (Fsp3) is 0.346. The molecule has 0 bridgehead atoms. The first-order valence-corrected chi connectivity index (χ1v) is 12.1. The molecule has 192 valence electrons. The third-order valence-electron chi connectivity index (χ3n) is 5.58. The number of hydrogen-bond acceptors (Lipinski definition) is 6. The zero-order valence-electron chi connectivity index (χ0n) is 20.7. The van der Waals surface area contributed by atoms with E-state index < -0.39 is 0 Å². The third-order valence-corrected chi connectivity index (χ3v) is 5.58. The fourth-order valence-corrected chi connectivity index (χ4v) is 3.54. The lowest BCUT2D eigenvalue weighted by Gasteiger charge is -2.10. The van der Waals surface area contributed by atoms with Crippen molar-refractivity contribution in [2.75, 3.05) is 33.4 Å². The molecule has 10 nitrogen and oxygen atoms in total. The van der Waals surface area contributed by atoms with E-state index >= 15 is 0 Å². The lowest BCUT2D eigenvalue weighted by Crippen LogP contribution is -2.30. The first kappa shape index (κ1) is 26.6. The molecule has 1 heterocycles. The van der Waals surface area contributed by atoms with E-state index in [0.717, 1.165) is 36.4 Å². The summed E-state index contributed by atoms with van der Waals surface area (Å²) in [6.45, 7) is 3.98. The number of aromatic nitrogens is 2. The minimum atomic E-state index is 0.0392. The maximum Gasteiger partial charge on any atom is 0.202 e. The molecule has 2 aromatic carbocycles. The average Bonchev–Trinajstić information content (AvgIpc) is 3.24. The number of nitrogens with two attached hydrogens (primary N) is 1. The van der Waals surface area contributed by atoms with E-state index in [9.17, 15) is 0 Å². The lowest BCUT2D eigenvalue weighted by atomic mass is 10.2. The Hall–Kier alpha value is -4.05. The number of nitrogen functional groups attached to an aromatic ring is 1. The van der Waals surface area contributed by atoms with Crippen LogP contribution in [-0.2, 0) is 13.1 Å². The highest BCUT2D eigenvalue weighted by Gasteiger charge is 2.04. The number of likely N-dealkylation sites (N-methyl/N-ethyl adjacent to an activating group) is 1. The van der Waals surface area contributed by atoms with E-state index in [0.29, 0.717) is 49.9 Å². The van der Waals surface area contributed by atoms with Crippen LogP contribution in [0.25, 0.3) is 0 Å². The smallest absolute Gasteiger partial charge is 0.202 e. The molecule has 0 atom stereocenters. The Labute approximate surface area is 211 Å². The maximum absolute atomic E-state index is 8.40. The second-order valence-corrected chi connectivity index (χ2v) is 8.28. The molecule has 0 amide bonds. The van der Waals surface area contributed by atoms with Crippen molar-refractivity contribution in [1.82, 2.24) is 19.8 Å². The maximum atomic E-state index is 8.40. The number of nitrogens with zero attached hydrogens (tertiary/aromatic N) is 2. The summed E-state index contributed by atoms with van der Waals surface area (Å²) in [5, 5.41) is 30.0. The van der Waals surface area contributed by atoms with Crippen molar-refractivity contribution in [1.29, 1.82) is 16.2 Å². The van der Waals surface area contributed by atoms with Crippen LogP contribution >= 0.6 is 0 Å². The fourth-order valence-electron chi connectivity index (χ4n) is 3.54. The number of amidine groups is 2. The molecule has 10 heteroatoms. The number of imidazole rings is 1. The Balaban J connectivity index is 1.35. The molecule has 0 unspecified atom stereocenters. The van der Waals surface area contributed by atoms with Gasteiger partial charge < -0.3 is 35.0 Å². The van der Waals surface area contributed by atoms with Gasteiger partial charge in [-0.1, -0.05) is 0 Å². The molecule has 0 fully saturated rings. The van der Waals surface area contributed by atoms with Crippen molar-refractivity contribution >= 4 is 11.7 Å². The summed E-state index contributed by atoms with van der Waals surface area (Å²) >= 11 is 0. The SMILES string of the molecule is CNCCNC(=N)c1ccc(OCCCn2ccn(CCCOc3ccc(C(=N)N)cc3)c2=N)cc1. The zero-order chi connectivity index (χ0) is 25.8. The van der Waals surface area contributed by atoms with Gasteiger partial charge >= 0.3 is 0 Å². The van der Waals surface area contributed by atoms with Crippen LogP contribution in [0.4, 0.5) is 0 Å². The van der Waals surface area contributed by atoms with Crippen molar-refractivity contribution in [2.24, 2.45) is 5.73 Å². The van der Waals surface area contributed by atoms with Gasteiger partial charge in [-0.3, -0.25) is 16.2 Å². The Kier molecular flexibility index (Phi) is 10.1. The van der Waals surface area contributed by atoms with Gasteiger partial charge in [0.15, 0.2) is 0 Å². The Morgan fingerprint density at radius 3 is 1.78 bits per heavy atom. The van der Waals surface area contributed by atoms with Crippen LogP contribution in [0.1, 0.15) is 24.0 Å². The number of nitrogens with one attached hydrogen (secondary N) is 5. The Morgan fingerprint density at radius 2 is 1.31 bits per heavy atom. The third kappa shape index (κ3) is 8.02. The van der Waals surface area contributed by atoms with E-state index in [1.165, 1.54) is 0 Å². The van der Waals surface area contributed by atoms with E-state index in [-0.39, 0.29) is 5.84 Å². The first-order chi connectivity index (χ1) is 17.5. The molecular weight excluding hydrogens is 456 g/mol. The molecule has 0 radical (unpaired) electrons. The van der Waals surface area contributed by atoms with Gasteiger partial charge in [0, 0.05) is 49.7 Å². The van der Waals surface area contributed by atoms with Crippen LogP contribution < -0.4 is 31.5 Å². The van der Waals surface area contributed by atoms with Crippen molar-refractivity contribution in [3.8, 4) is 11.5 Å². The molecule has 3 rings (SSSR count). The molecule has 1 aromatic heterocycles. The number of benzene rings is 2. The number of ether oxygens (including phenoxy) is 2. The quantitative estimate of drug-likeness (QED) is 0.109. The van der Waals surface area contributed by atoms with Crippen molar-refractivity contribution in [3.05, 3.63) is 77.7 Å². The topological polar surface area (TPSA) is 150 Å². The molecule has 0 saturated carbocycles. The summed E-state index contributed by atoms with van der Waals surface area (Å²) in [5.41, 5.74) is 7.41. The second-order valence-electron chi connectivity index (χ2n) is 8.28. The summed E-state index contributed by atoms with van der Waals surface area (Å²) in [7, 11) is 1.88. The standard InChI is InChI=1S/C26H36N8O2/c1-31-12-13-32-25(29)21-6-10-23(11-7-21)36-19-3-15-34-17-16-33(26(34)30)14-2-18-35-22-8-4-20(5-9-22)24(27)28/h4-11,16-17,30-31H,2-3,12-15,18-19H2,1H3,(H3,27,28)(H2,29,32). The summed E-state index contributed by atoms with van der Waals surface area (Å²) in [4.78, 5) is 0. The second kappa shape index (κ2) is 13.7. The number of aryl methyl sites for hydroxylation is 2. The van der Waals surface area contributed by atoms with Crippen LogP contribution in [0.5, 0.6) is 11.5 Å². The first-order valence-electron chi connectivity index (χ1n) is 12.1. The normalized spacial score (nSPS) is 10.7. The average molecular weight is 493 g/mol. The van der Waals surface area contributed by atoms with Gasteiger partial charge in [0.1, 0.15) is 23.2 Å². The monoisotopic (exact) mass is 492 g/mol. The predicted molar refractivity (Wildman–Crippen MR) is 141 cm³/mol. The van der Waals surface area contributed by atoms with Gasteiger partial charge in [0.05, 0.1) is 13.2 Å². The molecule has 0 spiro atoms. The summed E-state index contributed by atoms with van der Waals surface area (Å²) < 4.78 is 15.4. The van der Waals surface area contributed by atoms with Crippen LogP contribution in [0.15, 0.2) is 60.9 Å². The van der Waals surface area contributed by atoms with Gasteiger partial charge in [0.25, 0.3) is 0 Å². The van der Waals surface area contributed by atoms with Gasteiger partial charge in [-0.25, -0.2) is 0 Å². The highest BCUT2D eigenvalue weighted by molar-refractivity contribution is 5.96. The van der Waals surface area contributed by atoms with Crippen LogP contribution in [0.2, 0.25) is 0 Å². The summed E-state index contributed by atoms with van der Waals surface area (Å²) in [6.07, 6.45) is 5.40. The van der Waals surface area contributed by atoms with Gasteiger partial charge in [-0.15, -0.1) is 0 Å². The minimum absolute atomic E-state index is 0.0392. The van der Waals surface area contributed by atoms with Crippen LogP contribution in [-0.4, -0.2) is 54.2 Å². The summed E-state index contributed by atoms with van der Waals surface area (Å²) in [6, 6.07) is 14.7. The van der Waals surface area contributed by atoms with Crippen LogP contribution in [0, 0.1) is 16.2 Å². The molecule has 0 aliphatic heterocycles. The Bertz CT molecular complexity index is 1170. The zero-order valence-corrected chi connectivity index (χ0v) is 20.7. The van der Waals surface area contributed by atoms with Crippen LogP contribution in [0.3, 0.4) is 0 Å². The molecule has 0 aliphatic carbocycles. The lowest BCUT2D eigenvalue weighted by molar-refractivity contribution is 0.296. The van der Waals surface area contributed by atoms with Crippen molar-refractivity contribution < 1.29 is 9.47 Å². The van der Waals surface area contributed by atoms with E-state index in [1.807, 2.05) is 65.0 Å². The molecule has 0 aliphatic rings. The van der Waals surface area contributed by atoms with Gasteiger partial charge in [-0.2, -0.15) is 0 Å².